The summed E-state index contributed by atoms with van der Waals surface area (Å²) in [5.41, 5.74) is 0.704. The molecule has 0 saturated carbocycles. The average molecular weight is 272 g/mol. The van der Waals surface area contributed by atoms with E-state index >= 15 is 0 Å². The number of hydrogen-bond acceptors (Lipinski definition) is 3. The molecule has 2 unspecified atom stereocenters. The Bertz CT molecular complexity index is 427. The molecule has 4 nitrogen and oxygen atoms in total. The Morgan fingerprint density at radius 1 is 1.32 bits per heavy atom. The van der Waals surface area contributed by atoms with E-state index in [1.807, 2.05) is 0 Å². The highest BCUT2D eigenvalue weighted by atomic mass is 19.3. The van der Waals surface area contributed by atoms with E-state index < -0.39 is 6.61 Å². The summed E-state index contributed by atoms with van der Waals surface area (Å²) >= 11 is 0. The van der Waals surface area contributed by atoms with E-state index in [-0.39, 0.29) is 23.7 Å². The van der Waals surface area contributed by atoms with E-state index in [9.17, 15) is 13.6 Å². The second kappa shape index (κ2) is 7.04. The zero-order valence-electron chi connectivity index (χ0n) is 11.1. The van der Waals surface area contributed by atoms with Crippen molar-refractivity contribution >= 4 is 5.91 Å². The molecule has 0 spiro atoms. The molecule has 0 aromatic heterocycles. The van der Waals surface area contributed by atoms with Gasteiger partial charge < -0.3 is 15.4 Å². The number of carbonyl (C=O) groups excluding carboxylic acids is 1. The van der Waals surface area contributed by atoms with Gasteiger partial charge in [-0.15, -0.1) is 0 Å². The predicted molar refractivity (Wildman–Crippen MR) is 68.2 cm³/mol. The molecule has 0 saturated heterocycles. The molecular formula is C13H18F2N2O2. The Morgan fingerprint density at radius 3 is 2.58 bits per heavy atom. The summed E-state index contributed by atoms with van der Waals surface area (Å²) in [6.45, 7) is 0.657. The molecule has 0 bridgehead atoms. The summed E-state index contributed by atoms with van der Waals surface area (Å²) < 4.78 is 28.5. The summed E-state index contributed by atoms with van der Waals surface area (Å²) in [4.78, 5) is 11.7. The second-order valence-corrected chi connectivity index (χ2v) is 4.19. The van der Waals surface area contributed by atoms with Crippen molar-refractivity contribution in [2.24, 2.45) is 0 Å². The molecule has 1 aromatic carbocycles. The smallest absolute Gasteiger partial charge is 0.387 e. The lowest BCUT2D eigenvalue weighted by molar-refractivity contribution is -0.123. The van der Waals surface area contributed by atoms with Gasteiger partial charge in [0.15, 0.2) is 0 Å². The largest absolute Gasteiger partial charge is 0.435 e. The normalized spacial score (nSPS) is 14.0. The van der Waals surface area contributed by atoms with Gasteiger partial charge in [0.05, 0.1) is 12.1 Å². The summed E-state index contributed by atoms with van der Waals surface area (Å²) in [6.07, 6.45) is 0. The number of nitrogens with one attached hydrogen (secondary N) is 2. The van der Waals surface area contributed by atoms with Crippen molar-refractivity contribution in [1.29, 1.82) is 0 Å². The van der Waals surface area contributed by atoms with Crippen LogP contribution >= 0.6 is 0 Å². The highest BCUT2D eigenvalue weighted by Gasteiger charge is 2.15. The van der Waals surface area contributed by atoms with Crippen LogP contribution in [0.3, 0.4) is 0 Å². The molecule has 6 heteroatoms. The molecule has 1 aromatic rings. The fourth-order valence-corrected chi connectivity index (χ4v) is 1.51. The first-order valence-corrected chi connectivity index (χ1v) is 5.96. The van der Waals surface area contributed by atoms with Crippen LogP contribution in [0.1, 0.15) is 25.5 Å². The molecule has 0 aliphatic rings. The average Bonchev–Trinajstić information content (AvgIpc) is 2.37. The van der Waals surface area contributed by atoms with Crippen molar-refractivity contribution in [2.45, 2.75) is 32.5 Å². The minimum atomic E-state index is -2.86. The van der Waals surface area contributed by atoms with Gasteiger partial charge in [-0.2, -0.15) is 8.78 Å². The van der Waals surface area contributed by atoms with Gasteiger partial charge in [0.1, 0.15) is 5.75 Å². The number of amides is 1. The number of rotatable bonds is 6. The molecule has 106 valence electrons. The minimum Gasteiger partial charge on any atom is -0.435 e. The molecule has 0 aliphatic heterocycles. The molecule has 1 amide bonds. The van der Waals surface area contributed by atoms with Crippen LogP contribution in [-0.2, 0) is 4.79 Å². The summed E-state index contributed by atoms with van der Waals surface area (Å²) in [5.74, 6) is -0.0783. The molecule has 0 aliphatic carbocycles. The maximum Gasteiger partial charge on any atom is 0.387 e. The van der Waals surface area contributed by atoms with Crippen molar-refractivity contribution in [2.75, 3.05) is 7.05 Å². The van der Waals surface area contributed by atoms with Gasteiger partial charge in [0.25, 0.3) is 0 Å². The highest BCUT2D eigenvalue weighted by molar-refractivity contribution is 5.81. The van der Waals surface area contributed by atoms with Crippen molar-refractivity contribution in [3.63, 3.8) is 0 Å². The predicted octanol–water partition coefficient (Wildman–Crippen LogP) is 2.07. The standard InChI is InChI=1S/C13H18F2N2O2/c1-8(17-12(18)9(2)16-3)10-5-4-6-11(7-10)19-13(14)15/h4-9,13,16H,1-3H3,(H,17,18). The fourth-order valence-electron chi connectivity index (χ4n) is 1.51. The molecule has 0 radical (unpaired) electrons. The number of ether oxygens (including phenoxy) is 1. The lowest BCUT2D eigenvalue weighted by atomic mass is 10.1. The molecule has 0 heterocycles. The van der Waals surface area contributed by atoms with Crippen LogP contribution in [0.5, 0.6) is 5.75 Å². The van der Waals surface area contributed by atoms with Crippen LogP contribution in [-0.4, -0.2) is 25.6 Å². The lowest BCUT2D eigenvalue weighted by Gasteiger charge is -2.18. The number of carbonyl (C=O) groups is 1. The van der Waals surface area contributed by atoms with Crippen LogP contribution in [0.2, 0.25) is 0 Å². The quantitative estimate of drug-likeness (QED) is 0.833. The van der Waals surface area contributed by atoms with Gasteiger partial charge in [-0.05, 0) is 38.6 Å². The van der Waals surface area contributed by atoms with E-state index in [0.717, 1.165) is 0 Å². The first-order valence-electron chi connectivity index (χ1n) is 5.96. The Labute approximate surface area is 111 Å². The molecule has 2 atom stereocenters. The molecule has 2 N–H and O–H groups in total. The third-order valence-corrected chi connectivity index (χ3v) is 2.77. The van der Waals surface area contributed by atoms with Gasteiger partial charge in [-0.3, -0.25) is 4.79 Å². The van der Waals surface area contributed by atoms with Gasteiger partial charge in [-0.25, -0.2) is 0 Å². The Kier molecular flexibility index (Phi) is 5.69. The summed E-state index contributed by atoms with van der Waals surface area (Å²) in [5, 5.41) is 5.61. The first kappa shape index (κ1) is 15.4. The van der Waals surface area contributed by atoms with Gasteiger partial charge in [-0.1, -0.05) is 12.1 Å². The van der Waals surface area contributed by atoms with Gasteiger partial charge >= 0.3 is 6.61 Å². The zero-order valence-corrected chi connectivity index (χ0v) is 11.1. The van der Waals surface area contributed by atoms with E-state index in [0.29, 0.717) is 5.56 Å². The molecule has 1 rings (SSSR count). The number of hydrogen-bond donors (Lipinski definition) is 2. The van der Waals surface area contributed by atoms with Crippen LogP contribution in [0, 0.1) is 0 Å². The highest BCUT2D eigenvalue weighted by Crippen LogP contribution is 2.20. The van der Waals surface area contributed by atoms with Gasteiger partial charge in [0.2, 0.25) is 5.91 Å². The molecular weight excluding hydrogens is 254 g/mol. The van der Waals surface area contributed by atoms with Crippen LogP contribution in [0.4, 0.5) is 8.78 Å². The van der Waals surface area contributed by atoms with E-state index in [1.54, 1.807) is 33.0 Å². The summed E-state index contributed by atoms with van der Waals surface area (Å²) in [7, 11) is 1.69. The van der Waals surface area contributed by atoms with Gasteiger partial charge in [0, 0.05) is 0 Å². The van der Waals surface area contributed by atoms with Crippen molar-refractivity contribution in [3.05, 3.63) is 29.8 Å². The number of benzene rings is 1. The Morgan fingerprint density at radius 2 is 2.00 bits per heavy atom. The van der Waals surface area contributed by atoms with Crippen molar-refractivity contribution in [1.82, 2.24) is 10.6 Å². The Hall–Kier alpha value is -1.69. The third-order valence-electron chi connectivity index (χ3n) is 2.77. The number of halogens is 2. The number of alkyl halides is 2. The van der Waals surface area contributed by atoms with Crippen molar-refractivity contribution < 1.29 is 18.3 Å². The molecule has 19 heavy (non-hydrogen) atoms. The molecule has 0 fully saturated rings. The SMILES string of the molecule is CNC(C)C(=O)NC(C)c1cccc(OC(F)F)c1. The van der Waals surface area contributed by atoms with E-state index in [2.05, 4.69) is 15.4 Å². The first-order chi connectivity index (χ1) is 8.93. The van der Waals surface area contributed by atoms with E-state index in [4.69, 9.17) is 0 Å². The van der Waals surface area contributed by atoms with E-state index in [1.165, 1.54) is 12.1 Å². The second-order valence-electron chi connectivity index (χ2n) is 4.19. The van der Waals surface area contributed by atoms with Crippen LogP contribution in [0.25, 0.3) is 0 Å². The zero-order chi connectivity index (χ0) is 14.4. The maximum absolute atomic E-state index is 12.1. The van der Waals surface area contributed by atoms with Crippen LogP contribution in [0.15, 0.2) is 24.3 Å². The van der Waals surface area contributed by atoms with Crippen molar-refractivity contribution in [3.8, 4) is 5.75 Å². The summed E-state index contributed by atoms with van der Waals surface area (Å²) in [6, 6.07) is 5.68. The topological polar surface area (TPSA) is 50.4 Å². The monoisotopic (exact) mass is 272 g/mol. The number of likely N-dealkylation sites (N-methyl/N-ethyl adjacent to an activating group) is 1. The minimum absolute atomic E-state index is 0.0789. The Balaban J connectivity index is 2.71. The van der Waals surface area contributed by atoms with Crippen LogP contribution < -0.4 is 15.4 Å². The lowest BCUT2D eigenvalue weighted by Crippen LogP contribution is -2.41. The third kappa shape index (κ3) is 4.82. The fraction of sp³-hybridized carbons (Fsp3) is 0.462. The maximum atomic E-state index is 12.1.